The molecule has 0 nitrogen and oxygen atoms in total. The molecule has 2 aliphatic rings. The van der Waals surface area contributed by atoms with E-state index in [0.29, 0.717) is 5.92 Å². The zero-order chi connectivity index (χ0) is 12.1. The van der Waals surface area contributed by atoms with E-state index in [9.17, 15) is 0 Å². The number of thioether (sulfide) groups is 1. The normalized spacial score (nSPS) is 20.9. The maximum atomic E-state index is 2.43. The van der Waals surface area contributed by atoms with Gasteiger partial charge in [-0.3, -0.25) is 0 Å². The fourth-order valence-corrected chi connectivity index (χ4v) is 3.15. The van der Waals surface area contributed by atoms with Gasteiger partial charge in [0.05, 0.1) is 0 Å². The number of rotatable bonds is 1. The van der Waals surface area contributed by atoms with Crippen LogP contribution in [0, 0.1) is 0 Å². The number of aryl methyl sites for hydroxylation is 1. The van der Waals surface area contributed by atoms with Crippen LogP contribution in [0.15, 0.2) is 35.2 Å². The van der Waals surface area contributed by atoms with Crippen LogP contribution in [0.2, 0.25) is 0 Å². The van der Waals surface area contributed by atoms with Gasteiger partial charge in [0, 0.05) is 10.8 Å². The van der Waals surface area contributed by atoms with Gasteiger partial charge in [-0.25, -0.2) is 0 Å². The first-order valence-electron chi connectivity index (χ1n) is 6.77. The van der Waals surface area contributed by atoms with E-state index in [4.69, 9.17) is 0 Å². The van der Waals surface area contributed by atoms with Gasteiger partial charge in [-0.1, -0.05) is 44.6 Å². The maximum absolute atomic E-state index is 2.43. The smallest absolute Gasteiger partial charge is 0.0104 e. The molecule has 17 heavy (non-hydrogen) atoms. The van der Waals surface area contributed by atoms with Gasteiger partial charge < -0.3 is 0 Å². The largest absolute Gasteiger partial charge is 0.126 e. The maximum Gasteiger partial charge on any atom is 0.0104 e. The van der Waals surface area contributed by atoms with Crippen LogP contribution < -0.4 is 0 Å². The van der Waals surface area contributed by atoms with Crippen molar-refractivity contribution in [3.8, 4) is 0 Å². The van der Waals surface area contributed by atoms with Crippen LogP contribution >= 0.6 is 11.8 Å². The van der Waals surface area contributed by atoms with E-state index >= 15 is 0 Å². The third kappa shape index (κ3) is 3.16. The zero-order valence-corrected chi connectivity index (χ0v) is 11.7. The summed E-state index contributed by atoms with van der Waals surface area (Å²) in [6, 6.07) is 7.06. The van der Waals surface area contributed by atoms with Gasteiger partial charge in [-0.2, -0.15) is 0 Å². The summed E-state index contributed by atoms with van der Waals surface area (Å²) in [5.74, 6) is 2.02. The third-order valence-corrected chi connectivity index (χ3v) is 4.32. The van der Waals surface area contributed by atoms with Crippen LogP contribution in [0.3, 0.4) is 0 Å². The summed E-state index contributed by atoms with van der Waals surface area (Å²) in [5.41, 5.74) is 3.10. The van der Waals surface area contributed by atoms with Gasteiger partial charge in [0.1, 0.15) is 0 Å². The van der Waals surface area contributed by atoms with Crippen molar-refractivity contribution in [3.05, 3.63) is 41.5 Å². The van der Waals surface area contributed by atoms with Gasteiger partial charge in [0.25, 0.3) is 0 Å². The van der Waals surface area contributed by atoms with Crippen LogP contribution in [0.5, 0.6) is 0 Å². The van der Waals surface area contributed by atoms with Crippen molar-refractivity contribution in [2.75, 3.05) is 5.75 Å². The minimum absolute atomic E-state index is 0.715. The van der Waals surface area contributed by atoms with E-state index in [1.54, 1.807) is 5.56 Å². The van der Waals surface area contributed by atoms with Crippen molar-refractivity contribution in [2.45, 2.75) is 50.3 Å². The second kappa shape index (κ2) is 6.30. The molecule has 0 fully saturated rings. The van der Waals surface area contributed by atoms with Crippen LogP contribution in [0.25, 0.3) is 0 Å². The van der Waals surface area contributed by atoms with Crippen LogP contribution in [0.4, 0.5) is 0 Å². The molecule has 3 rings (SSSR count). The number of hydrogen-bond donors (Lipinski definition) is 0. The zero-order valence-electron chi connectivity index (χ0n) is 10.9. The van der Waals surface area contributed by atoms with Crippen LogP contribution in [-0.4, -0.2) is 5.75 Å². The van der Waals surface area contributed by atoms with E-state index in [1.807, 2.05) is 11.8 Å². The predicted molar refractivity (Wildman–Crippen MR) is 78.0 cm³/mol. The van der Waals surface area contributed by atoms with E-state index in [0.717, 1.165) is 0 Å². The molecule has 0 saturated carbocycles. The van der Waals surface area contributed by atoms with Gasteiger partial charge in [0.15, 0.2) is 0 Å². The van der Waals surface area contributed by atoms with E-state index < -0.39 is 0 Å². The topological polar surface area (TPSA) is 0 Å². The molecule has 0 radical (unpaired) electrons. The highest BCUT2D eigenvalue weighted by Crippen LogP contribution is 2.35. The molecule has 1 unspecified atom stereocenters. The second-order valence-electron chi connectivity index (χ2n) is 4.80. The molecule has 92 valence electrons. The molecule has 1 atom stereocenters. The number of fused-ring (bicyclic) bond motifs is 1. The van der Waals surface area contributed by atoms with Crippen molar-refractivity contribution in [3.63, 3.8) is 0 Å². The van der Waals surface area contributed by atoms with Crippen molar-refractivity contribution in [1.29, 1.82) is 0 Å². The second-order valence-corrected chi connectivity index (χ2v) is 5.93. The Kier molecular flexibility index (Phi) is 4.73. The lowest BCUT2D eigenvalue weighted by Crippen LogP contribution is -2.04. The molecule has 0 saturated heterocycles. The fraction of sp³-hybridized carbons (Fsp3) is 0.500. The van der Waals surface area contributed by atoms with Crippen molar-refractivity contribution in [2.24, 2.45) is 0 Å². The molecule has 0 aromatic heterocycles. The Morgan fingerprint density at radius 3 is 2.71 bits per heavy atom. The van der Waals surface area contributed by atoms with Gasteiger partial charge >= 0.3 is 0 Å². The van der Waals surface area contributed by atoms with E-state index in [1.165, 1.54) is 41.9 Å². The summed E-state index contributed by atoms with van der Waals surface area (Å²) in [7, 11) is 0. The van der Waals surface area contributed by atoms with Crippen LogP contribution in [-0.2, 0) is 6.42 Å². The Labute approximate surface area is 110 Å². The SMILES string of the molecule is C1=CC(c2ccc3c(c2)CCCS3)C1.CCC. The first-order chi connectivity index (χ1) is 8.35. The first-order valence-corrected chi connectivity index (χ1v) is 7.76. The molecular weight excluding hydrogens is 224 g/mol. The predicted octanol–water partition coefficient (Wildman–Crippen LogP) is 5.18. The summed E-state index contributed by atoms with van der Waals surface area (Å²) in [6.07, 6.45) is 9.71. The molecular formula is C16H22S. The highest BCUT2D eigenvalue weighted by Gasteiger charge is 2.16. The van der Waals surface area contributed by atoms with Crippen LogP contribution in [0.1, 0.15) is 50.2 Å². The Hall–Kier alpha value is -0.690. The number of hydrogen-bond acceptors (Lipinski definition) is 1. The van der Waals surface area contributed by atoms with Crippen molar-refractivity contribution in [1.82, 2.24) is 0 Å². The molecule has 0 spiro atoms. The minimum atomic E-state index is 0.715. The average molecular weight is 246 g/mol. The molecule has 1 heterocycles. The Bertz CT molecular complexity index is 393. The van der Waals surface area contributed by atoms with Gasteiger partial charge in [-0.15, -0.1) is 11.8 Å². The molecule has 1 heteroatoms. The molecule has 1 aliphatic carbocycles. The van der Waals surface area contributed by atoms with Gasteiger partial charge in [-0.05, 0) is 42.2 Å². The van der Waals surface area contributed by atoms with Crippen molar-refractivity contribution >= 4 is 11.8 Å². The Morgan fingerprint density at radius 2 is 2.06 bits per heavy atom. The summed E-state index contributed by atoms with van der Waals surface area (Å²) in [4.78, 5) is 1.52. The number of benzene rings is 1. The molecule has 0 N–H and O–H groups in total. The fourth-order valence-electron chi connectivity index (χ4n) is 2.13. The number of allylic oxidation sites excluding steroid dienone is 2. The Morgan fingerprint density at radius 1 is 1.29 bits per heavy atom. The molecule has 1 aromatic rings. The summed E-state index contributed by atoms with van der Waals surface area (Å²) < 4.78 is 0. The monoisotopic (exact) mass is 246 g/mol. The molecule has 0 bridgehead atoms. The highest BCUT2D eigenvalue weighted by molar-refractivity contribution is 7.99. The average Bonchev–Trinajstić information content (AvgIpc) is 2.28. The van der Waals surface area contributed by atoms with E-state index in [-0.39, 0.29) is 0 Å². The lowest BCUT2D eigenvalue weighted by Gasteiger charge is -2.21. The quantitative estimate of drug-likeness (QED) is 0.615. The lowest BCUT2D eigenvalue weighted by atomic mass is 9.87. The highest BCUT2D eigenvalue weighted by atomic mass is 32.2. The molecule has 1 aromatic carbocycles. The van der Waals surface area contributed by atoms with Crippen molar-refractivity contribution < 1.29 is 0 Å². The summed E-state index contributed by atoms with van der Waals surface area (Å²) in [6.45, 7) is 4.25. The van der Waals surface area contributed by atoms with E-state index in [2.05, 4.69) is 44.2 Å². The van der Waals surface area contributed by atoms with Gasteiger partial charge in [0.2, 0.25) is 0 Å². The molecule has 0 amide bonds. The first kappa shape index (κ1) is 12.8. The summed E-state index contributed by atoms with van der Waals surface area (Å²) >= 11 is 2.02. The lowest BCUT2D eigenvalue weighted by molar-refractivity contribution is 0.784. The Balaban J connectivity index is 0.000000329. The third-order valence-electron chi connectivity index (χ3n) is 3.12. The molecule has 1 aliphatic heterocycles. The standard InChI is InChI=1S/C13H14S.C3H8/c1-3-10(4-1)11-6-7-13-12(9-11)5-2-8-14-13;1-3-2/h1,3,6-7,9-10H,2,4-5,8H2;3H2,1-2H3. The summed E-state index contributed by atoms with van der Waals surface area (Å²) in [5, 5.41) is 0. The minimum Gasteiger partial charge on any atom is -0.126 e.